The minimum Gasteiger partial charge on any atom is -0.461 e. The number of likely N-dealkylation sites (N-methyl/N-ethyl adjacent to an activating group) is 1. The molecule has 0 fully saturated rings. The molecular formula is C18H19N3O2. The third-order valence-electron chi connectivity index (χ3n) is 3.70. The summed E-state index contributed by atoms with van der Waals surface area (Å²) in [6, 6.07) is 13.2. The standard InChI is InChI=1S/C18H19N3O2/c1-14-7-8-17(23-14)15-5-3-6-16(13-15)18(22)20(2)11-12-21-10-4-9-19-21/h3-10,13H,11-12H2,1-2H3. The van der Waals surface area contributed by atoms with Crippen LogP contribution in [-0.4, -0.2) is 34.2 Å². The Morgan fingerprint density at radius 1 is 1.26 bits per heavy atom. The van der Waals surface area contributed by atoms with Crippen molar-refractivity contribution in [2.24, 2.45) is 0 Å². The number of amides is 1. The van der Waals surface area contributed by atoms with Gasteiger partial charge in [0.1, 0.15) is 11.5 Å². The van der Waals surface area contributed by atoms with Crippen LogP contribution in [-0.2, 0) is 6.54 Å². The van der Waals surface area contributed by atoms with E-state index in [0.29, 0.717) is 18.7 Å². The van der Waals surface area contributed by atoms with Crippen molar-refractivity contribution in [3.8, 4) is 11.3 Å². The minimum absolute atomic E-state index is 0.0118. The fraction of sp³-hybridized carbons (Fsp3) is 0.222. The van der Waals surface area contributed by atoms with Crippen LogP contribution in [0.2, 0.25) is 0 Å². The van der Waals surface area contributed by atoms with Gasteiger partial charge in [-0.2, -0.15) is 5.10 Å². The Morgan fingerprint density at radius 2 is 2.13 bits per heavy atom. The molecule has 3 rings (SSSR count). The van der Waals surface area contributed by atoms with Crippen molar-refractivity contribution < 1.29 is 9.21 Å². The smallest absolute Gasteiger partial charge is 0.253 e. The van der Waals surface area contributed by atoms with Crippen LogP contribution in [0.4, 0.5) is 0 Å². The third kappa shape index (κ3) is 3.51. The van der Waals surface area contributed by atoms with Crippen LogP contribution < -0.4 is 0 Å². The number of furan rings is 1. The van der Waals surface area contributed by atoms with Crippen LogP contribution in [0.15, 0.2) is 59.3 Å². The van der Waals surface area contributed by atoms with Gasteiger partial charge in [-0.05, 0) is 37.3 Å². The van der Waals surface area contributed by atoms with E-state index in [-0.39, 0.29) is 5.91 Å². The van der Waals surface area contributed by atoms with E-state index in [9.17, 15) is 4.79 Å². The maximum Gasteiger partial charge on any atom is 0.253 e. The van der Waals surface area contributed by atoms with E-state index in [1.165, 1.54) is 0 Å². The van der Waals surface area contributed by atoms with Crippen molar-refractivity contribution >= 4 is 5.91 Å². The van der Waals surface area contributed by atoms with Gasteiger partial charge in [-0.1, -0.05) is 12.1 Å². The van der Waals surface area contributed by atoms with Crippen molar-refractivity contribution in [2.45, 2.75) is 13.5 Å². The quantitative estimate of drug-likeness (QED) is 0.727. The van der Waals surface area contributed by atoms with Gasteiger partial charge in [0.15, 0.2) is 0 Å². The van der Waals surface area contributed by atoms with E-state index in [2.05, 4.69) is 5.10 Å². The number of rotatable bonds is 5. The molecule has 0 saturated heterocycles. The SMILES string of the molecule is Cc1ccc(-c2cccc(C(=O)N(C)CCn3cccn3)c2)o1. The number of hydrogen-bond donors (Lipinski definition) is 0. The monoisotopic (exact) mass is 309 g/mol. The Kier molecular flexibility index (Phi) is 4.28. The van der Waals surface area contributed by atoms with E-state index < -0.39 is 0 Å². The van der Waals surface area contributed by atoms with Gasteiger partial charge in [-0.3, -0.25) is 9.48 Å². The molecule has 118 valence electrons. The molecule has 0 spiro atoms. The van der Waals surface area contributed by atoms with Crippen LogP contribution in [0.1, 0.15) is 16.1 Å². The zero-order valence-electron chi connectivity index (χ0n) is 13.3. The van der Waals surface area contributed by atoms with E-state index in [4.69, 9.17) is 4.42 Å². The molecule has 0 atom stereocenters. The van der Waals surface area contributed by atoms with Gasteiger partial charge in [0.25, 0.3) is 5.91 Å². The molecule has 2 aromatic heterocycles. The molecule has 23 heavy (non-hydrogen) atoms. The Hall–Kier alpha value is -2.82. The van der Waals surface area contributed by atoms with Crippen LogP contribution in [0.5, 0.6) is 0 Å². The molecule has 0 N–H and O–H groups in total. The van der Waals surface area contributed by atoms with Crippen LogP contribution >= 0.6 is 0 Å². The zero-order chi connectivity index (χ0) is 16.2. The summed E-state index contributed by atoms with van der Waals surface area (Å²) >= 11 is 0. The first-order valence-corrected chi connectivity index (χ1v) is 7.53. The highest BCUT2D eigenvalue weighted by atomic mass is 16.3. The van der Waals surface area contributed by atoms with E-state index in [1.54, 1.807) is 18.1 Å². The Labute approximate surface area is 135 Å². The van der Waals surface area contributed by atoms with Crippen molar-refractivity contribution in [2.75, 3.05) is 13.6 Å². The lowest BCUT2D eigenvalue weighted by Gasteiger charge is -2.17. The molecule has 0 aliphatic carbocycles. The number of hydrogen-bond acceptors (Lipinski definition) is 3. The second kappa shape index (κ2) is 6.52. The number of benzene rings is 1. The molecule has 0 aliphatic heterocycles. The second-order valence-electron chi connectivity index (χ2n) is 5.49. The number of aromatic nitrogens is 2. The molecule has 5 heteroatoms. The molecule has 1 aromatic carbocycles. The lowest BCUT2D eigenvalue weighted by Crippen LogP contribution is -2.30. The summed E-state index contributed by atoms with van der Waals surface area (Å²) in [7, 11) is 1.80. The number of nitrogens with zero attached hydrogens (tertiary/aromatic N) is 3. The maximum atomic E-state index is 12.6. The lowest BCUT2D eigenvalue weighted by atomic mass is 10.1. The van der Waals surface area contributed by atoms with E-state index >= 15 is 0 Å². The molecule has 5 nitrogen and oxygen atoms in total. The summed E-state index contributed by atoms with van der Waals surface area (Å²) in [6.45, 7) is 3.18. The topological polar surface area (TPSA) is 51.3 Å². The fourth-order valence-electron chi connectivity index (χ4n) is 2.40. The maximum absolute atomic E-state index is 12.6. The molecule has 0 unspecified atom stereocenters. The third-order valence-corrected chi connectivity index (χ3v) is 3.70. The first kappa shape index (κ1) is 15.1. The highest BCUT2D eigenvalue weighted by Crippen LogP contribution is 2.23. The van der Waals surface area contributed by atoms with Gasteiger partial charge in [0.05, 0.1) is 6.54 Å². The van der Waals surface area contributed by atoms with Crippen molar-refractivity contribution in [1.82, 2.24) is 14.7 Å². The van der Waals surface area contributed by atoms with Crippen molar-refractivity contribution in [3.05, 3.63) is 66.2 Å². The predicted octanol–water partition coefficient (Wildman–Crippen LogP) is 3.22. The van der Waals surface area contributed by atoms with Crippen molar-refractivity contribution in [3.63, 3.8) is 0 Å². The molecule has 1 amide bonds. The van der Waals surface area contributed by atoms with Crippen molar-refractivity contribution in [1.29, 1.82) is 0 Å². The summed E-state index contributed by atoms with van der Waals surface area (Å²) < 4.78 is 7.44. The molecule has 0 saturated carbocycles. The van der Waals surface area contributed by atoms with Gasteiger partial charge in [-0.25, -0.2) is 0 Å². The summed E-state index contributed by atoms with van der Waals surface area (Å²) in [4.78, 5) is 14.3. The average molecular weight is 309 g/mol. The highest BCUT2D eigenvalue weighted by molar-refractivity contribution is 5.95. The molecule has 2 heterocycles. The van der Waals surface area contributed by atoms with Gasteiger partial charge in [-0.15, -0.1) is 0 Å². The zero-order valence-corrected chi connectivity index (χ0v) is 13.3. The fourth-order valence-corrected chi connectivity index (χ4v) is 2.40. The minimum atomic E-state index is -0.0118. The number of carbonyl (C=O) groups is 1. The number of aryl methyl sites for hydroxylation is 1. The first-order chi connectivity index (χ1) is 11.1. The van der Waals surface area contributed by atoms with Crippen LogP contribution in [0, 0.1) is 6.92 Å². The summed E-state index contributed by atoms with van der Waals surface area (Å²) in [5.74, 6) is 1.62. The molecule has 0 radical (unpaired) electrons. The second-order valence-corrected chi connectivity index (χ2v) is 5.49. The van der Waals surface area contributed by atoms with Crippen LogP contribution in [0.3, 0.4) is 0 Å². The largest absolute Gasteiger partial charge is 0.461 e. The highest BCUT2D eigenvalue weighted by Gasteiger charge is 2.13. The summed E-state index contributed by atoms with van der Waals surface area (Å²) in [6.07, 6.45) is 3.62. The molecule has 3 aromatic rings. The molecule has 0 aliphatic rings. The summed E-state index contributed by atoms with van der Waals surface area (Å²) in [5.41, 5.74) is 1.56. The molecular weight excluding hydrogens is 290 g/mol. The lowest BCUT2D eigenvalue weighted by molar-refractivity contribution is 0.0789. The van der Waals surface area contributed by atoms with Gasteiger partial charge < -0.3 is 9.32 Å². The van der Waals surface area contributed by atoms with E-state index in [1.807, 2.05) is 60.3 Å². The van der Waals surface area contributed by atoms with Gasteiger partial charge in [0.2, 0.25) is 0 Å². The number of carbonyl (C=O) groups excluding carboxylic acids is 1. The first-order valence-electron chi connectivity index (χ1n) is 7.53. The van der Waals surface area contributed by atoms with Crippen LogP contribution in [0.25, 0.3) is 11.3 Å². The Bertz CT molecular complexity index is 790. The van der Waals surface area contributed by atoms with Gasteiger partial charge >= 0.3 is 0 Å². The van der Waals surface area contributed by atoms with E-state index in [0.717, 1.165) is 17.1 Å². The predicted molar refractivity (Wildman–Crippen MR) is 88.1 cm³/mol. The Morgan fingerprint density at radius 3 is 2.83 bits per heavy atom. The molecule has 0 bridgehead atoms. The normalized spacial score (nSPS) is 10.7. The van der Waals surface area contributed by atoms with Gasteiger partial charge in [0, 0.05) is 37.1 Å². The summed E-state index contributed by atoms with van der Waals surface area (Å²) in [5, 5.41) is 4.14. The average Bonchev–Trinajstić information content (AvgIpc) is 3.23. The Balaban J connectivity index is 1.71.